The van der Waals surface area contributed by atoms with Crippen molar-refractivity contribution >= 4 is 7.82 Å². The number of rotatable bonds is 15. The fraction of sp³-hybridized carbons (Fsp3) is 0.625. The van der Waals surface area contributed by atoms with Crippen LogP contribution in [-0.4, -0.2) is 22.0 Å². The van der Waals surface area contributed by atoms with Gasteiger partial charge in [-0.15, -0.1) is 0 Å². The maximum Gasteiger partial charge on any atom is 0.469 e. The molecule has 0 spiro atoms. The Balaban J connectivity index is 2.55. The first kappa shape index (κ1) is 23.0. The van der Waals surface area contributed by atoms with Crippen LogP contribution in [0.3, 0.4) is 0 Å². The summed E-state index contributed by atoms with van der Waals surface area (Å²) in [4.78, 5) is 28.1. The van der Waals surface area contributed by atoms with E-state index in [0.29, 0.717) is 18.6 Å². The van der Waals surface area contributed by atoms with E-state index < -0.39 is 13.4 Å². The first-order valence-electron chi connectivity index (χ1n) is 8.51. The summed E-state index contributed by atoms with van der Waals surface area (Å²) in [5, 5.41) is 13.4. The Morgan fingerprint density at radius 2 is 1.58 bits per heavy atom. The van der Waals surface area contributed by atoms with Crippen molar-refractivity contribution in [3.8, 4) is 5.75 Å². The van der Waals surface area contributed by atoms with Gasteiger partial charge in [0.2, 0.25) is 0 Å². The van der Waals surface area contributed by atoms with Gasteiger partial charge in [0.05, 0.1) is 6.61 Å². The molecule has 150 valence electrons. The van der Waals surface area contributed by atoms with Gasteiger partial charge in [-0.25, -0.2) is 4.57 Å². The minimum atomic E-state index is -4.64. The summed E-state index contributed by atoms with van der Waals surface area (Å²) in [6.45, 7) is 3.63. The van der Waals surface area contributed by atoms with Gasteiger partial charge in [0.1, 0.15) is 5.60 Å². The molecule has 1 aromatic rings. The van der Waals surface area contributed by atoms with Crippen molar-refractivity contribution in [2.24, 2.45) is 0 Å². The number of benzene rings is 1. The summed E-state index contributed by atoms with van der Waals surface area (Å²) >= 11 is 0. The molecule has 10 heteroatoms. The standard InChI is InChI=1S/C16H27O9P/c1-3-5-12-16(13-6-4-2,14-20-26(17,18)19)22-24-25-23-21-15-10-8-7-9-11-15/h7-11H,3-6,12-14H2,1-2H3,(H2,17,18,19). The average molecular weight is 394 g/mol. The van der Waals surface area contributed by atoms with Crippen molar-refractivity contribution in [3.05, 3.63) is 30.3 Å². The number of phosphoric ester groups is 1. The van der Waals surface area contributed by atoms with Crippen molar-refractivity contribution < 1.29 is 43.8 Å². The molecule has 26 heavy (non-hydrogen) atoms. The van der Waals surface area contributed by atoms with Crippen LogP contribution in [0.25, 0.3) is 0 Å². The average Bonchev–Trinajstić information content (AvgIpc) is 2.62. The molecule has 0 saturated carbocycles. The Kier molecular flexibility index (Phi) is 11.0. The van der Waals surface area contributed by atoms with E-state index in [0.717, 1.165) is 25.7 Å². The normalized spacial score (nSPS) is 12.3. The van der Waals surface area contributed by atoms with E-state index in [1.165, 1.54) is 0 Å². The van der Waals surface area contributed by atoms with Gasteiger partial charge in [0.25, 0.3) is 0 Å². The Labute approximate surface area is 153 Å². The quantitative estimate of drug-likeness (QED) is 0.197. The first-order valence-corrected chi connectivity index (χ1v) is 10.0. The van der Waals surface area contributed by atoms with Crippen LogP contribution < -0.4 is 4.89 Å². The molecule has 0 saturated heterocycles. The van der Waals surface area contributed by atoms with Crippen LogP contribution in [0.15, 0.2) is 30.3 Å². The van der Waals surface area contributed by atoms with E-state index >= 15 is 0 Å². The Bertz CT molecular complexity index is 512. The topological polar surface area (TPSA) is 113 Å². The molecule has 0 aliphatic heterocycles. The van der Waals surface area contributed by atoms with Gasteiger partial charge in [-0.3, -0.25) is 4.52 Å². The summed E-state index contributed by atoms with van der Waals surface area (Å²) in [6, 6.07) is 8.59. The number of hydrogen-bond donors (Lipinski definition) is 2. The Morgan fingerprint density at radius 1 is 0.962 bits per heavy atom. The van der Waals surface area contributed by atoms with Gasteiger partial charge in [-0.2, -0.15) is 4.89 Å². The molecule has 0 bridgehead atoms. The summed E-state index contributed by atoms with van der Waals surface area (Å²) in [7, 11) is -4.64. The van der Waals surface area contributed by atoms with Gasteiger partial charge in [-0.1, -0.05) is 57.7 Å². The van der Waals surface area contributed by atoms with Crippen LogP contribution in [-0.2, 0) is 29.1 Å². The number of hydrogen-bond acceptors (Lipinski definition) is 7. The minimum absolute atomic E-state index is 0.347. The molecule has 0 heterocycles. The predicted octanol–water partition coefficient (Wildman–Crippen LogP) is 4.02. The second-order valence-electron chi connectivity index (χ2n) is 5.84. The van der Waals surface area contributed by atoms with Crippen molar-refractivity contribution in [2.75, 3.05) is 6.61 Å². The van der Waals surface area contributed by atoms with Crippen molar-refractivity contribution in [1.82, 2.24) is 0 Å². The number of unbranched alkanes of at least 4 members (excludes halogenated alkanes) is 2. The highest BCUT2D eigenvalue weighted by molar-refractivity contribution is 7.46. The van der Waals surface area contributed by atoms with Crippen LogP contribution in [0.4, 0.5) is 0 Å². The maximum absolute atomic E-state index is 11.1. The van der Waals surface area contributed by atoms with Crippen LogP contribution in [0.1, 0.15) is 52.4 Å². The molecular weight excluding hydrogens is 367 g/mol. The second kappa shape index (κ2) is 12.4. The van der Waals surface area contributed by atoms with Gasteiger partial charge in [0.15, 0.2) is 5.75 Å². The van der Waals surface area contributed by atoms with Crippen LogP contribution >= 0.6 is 7.82 Å². The van der Waals surface area contributed by atoms with Crippen LogP contribution in [0.5, 0.6) is 5.75 Å². The fourth-order valence-corrected chi connectivity index (χ4v) is 2.61. The van der Waals surface area contributed by atoms with E-state index in [-0.39, 0.29) is 6.61 Å². The van der Waals surface area contributed by atoms with E-state index in [4.69, 9.17) is 19.6 Å². The molecule has 0 aliphatic carbocycles. The highest BCUT2D eigenvalue weighted by atomic mass is 31.2. The largest absolute Gasteiger partial charge is 0.469 e. The summed E-state index contributed by atoms with van der Waals surface area (Å²) in [5.74, 6) is 0.393. The lowest BCUT2D eigenvalue weighted by Gasteiger charge is -2.30. The number of phosphoric acid groups is 1. The highest BCUT2D eigenvalue weighted by Crippen LogP contribution is 2.39. The molecule has 0 unspecified atom stereocenters. The van der Waals surface area contributed by atoms with E-state index in [1.54, 1.807) is 24.3 Å². The molecule has 9 nitrogen and oxygen atoms in total. The minimum Gasteiger partial charge on any atom is -0.306 e. The molecule has 1 aromatic carbocycles. The summed E-state index contributed by atoms with van der Waals surface area (Å²) in [6.07, 6.45) is 4.15. The smallest absolute Gasteiger partial charge is 0.306 e. The number of para-hydroxylation sites is 1. The zero-order chi connectivity index (χ0) is 19.3. The molecule has 0 aromatic heterocycles. The van der Waals surface area contributed by atoms with E-state index in [9.17, 15) is 4.57 Å². The van der Waals surface area contributed by atoms with Crippen LogP contribution in [0.2, 0.25) is 0 Å². The molecule has 0 atom stereocenters. The van der Waals surface area contributed by atoms with Gasteiger partial charge < -0.3 is 14.7 Å². The van der Waals surface area contributed by atoms with Crippen molar-refractivity contribution in [3.63, 3.8) is 0 Å². The molecule has 0 aliphatic rings. The Hall–Kier alpha value is -1.03. The molecular formula is C16H27O9P. The summed E-state index contributed by atoms with van der Waals surface area (Å²) < 4.78 is 15.7. The third-order valence-corrected chi connectivity index (χ3v) is 4.07. The van der Waals surface area contributed by atoms with Crippen LogP contribution in [0, 0.1) is 0 Å². The highest BCUT2D eigenvalue weighted by Gasteiger charge is 2.35. The summed E-state index contributed by atoms with van der Waals surface area (Å²) in [5.41, 5.74) is -1.08. The maximum atomic E-state index is 11.1. The third kappa shape index (κ3) is 10.2. The van der Waals surface area contributed by atoms with Gasteiger partial charge >= 0.3 is 7.82 Å². The molecule has 0 radical (unpaired) electrons. The van der Waals surface area contributed by atoms with Crippen molar-refractivity contribution in [1.29, 1.82) is 0 Å². The SMILES string of the molecule is CCCCC(CCCC)(COP(=O)(O)O)OOOOOc1ccccc1. The predicted molar refractivity (Wildman–Crippen MR) is 91.2 cm³/mol. The molecule has 1 rings (SSSR count). The van der Waals surface area contributed by atoms with Gasteiger partial charge in [-0.05, 0) is 30.0 Å². The monoisotopic (exact) mass is 394 g/mol. The lowest BCUT2D eigenvalue weighted by atomic mass is 9.92. The Morgan fingerprint density at radius 3 is 2.12 bits per heavy atom. The zero-order valence-corrected chi connectivity index (χ0v) is 15.9. The fourth-order valence-electron chi connectivity index (χ4n) is 2.20. The van der Waals surface area contributed by atoms with Gasteiger partial charge in [0, 0.05) is 10.1 Å². The van der Waals surface area contributed by atoms with E-state index in [2.05, 4.69) is 19.6 Å². The lowest BCUT2D eigenvalue weighted by molar-refractivity contribution is -0.703. The molecule has 2 N–H and O–H groups in total. The van der Waals surface area contributed by atoms with E-state index in [1.807, 2.05) is 19.9 Å². The zero-order valence-electron chi connectivity index (χ0n) is 15.0. The second-order valence-corrected chi connectivity index (χ2v) is 7.08. The third-order valence-electron chi connectivity index (χ3n) is 3.61. The molecule has 0 amide bonds. The lowest BCUT2D eigenvalue weighted by Crippen LogP contribution is -2.38. The van der Waals surface area contributed by atoms with Crippen molar-refractivity contribution in [2.45, 2.75) is 58.0 Å². The first-order chi connectivity index (χ1) is 12.4. The molecule has 0 fully saturated rings.